The normalized spacial score (nSPS) is 14.9. The number of carbonyl (C=O) groups is 2. The summed E-state index contributed by atoms with van der Waals surface area (Å²) >= 11 is 1.37. The van der Waals surface area contributed by atoms with Gasteiger partial charge in [0.1, 0.15) is 6.04 Å². The van der Waals surface area contributed by atoms with Gasteiger partial charge in [0.2, 0.25) is 5.91 Å². The van der Waals surface area contributed by atoms with Gasteiger partial charge >= 0.3 is 0 Å². The molecule has 120 valence electrons. The van der Waals surface area contributed by atoms with Crippen LogP contribution in [-0.2, 0) is 11.3 Å². The number of nitrogens with one attached hydrogen (secondary N) is 1. The van der Waals surface area contributed by atoms with Gasteiger partial charge < -0.3 is 10.2 Å². The molecule has 2 heterocycles. The third-order valence-corrected chi connectivity index (χ3v) is 4.57. The van der Waals surface area contributed by atoms with E-state index in [1.165, 1.54) is 11.3 Å². The molecule has 5 nitrogen and oxygen atoms in total. The van der Waals surface area contributed by atoms with Crippen molar-refractivity contribution < 1.29 is 9.59 Å². The topological polar surface area (TPSA) is 62.3 Å². The van der Waals surface area contributed by atoms with Crippen molar-refractivity contribution in [3.05, 3.63) is 47.0 Å². The lowest BCUT2D eigenvalue weighted by Gasteiger charge is -2.27. The van der Waals surface area contributed by atoms with E-state index in [1.54, 1.807) is 11.1 Å². The van der Waals surface area contributed by atoms with Crippen molar-refractivity contribution in [3.8, 4) is 0 Å². The fraction of sp³-hybridized carbons (Fsp3) is 0.353. The van der Waals surface area contributed by atoms with Gasteiger partial charge in [-0.1, -0.05) is 32.0 Å². The third kappa shape index (κ3) is 3.27. The maximum Gasteiger partial charge on any atom is 0.255 e. The van der Waals surface area contributed by atoms with E-state index in [4.69, 9.17) is 0 Å². The molecule has 0 saturated carbocycles. The van der Waals surface area contributed by atoms with Gasteiger partial charge in [-0.05, 0) is 24.0 Å². The molecule has 0 radical (unpaired) electrons. The van der Waals surface area contributed by atoms with Crippen molar-refractivity contribution in [2.75, 3.05) is 5.32 Å². The maximum atomic E-state index is 12.7. The summed E-state index contributed by atoms with van der Waals surface area (Å²) < 4.78 is 0. The number of hydrogen-bond donors (Lipinski definition) is 1. The highest BCUT2D eigenvalue weighted by Crippen LogP contribution is 2.27. The van der Waals surface area contributed by atoms with Crippen LogP contribution in [0.1, 0.15) is 36.2 Å². The number of carbonyl (C=O) groups excluding carboxylic acids is 2. The fourth-order valence-electron chi connectivity index (χ4n) is 2.82. The Morgan fingerprint density at radius 3 is 2.83 bits per heavy atom. The van der Waals surface area contributed by atoms with Crippen LogP contribution in [0.2, 0.25) is 0 Å². The molecular weight excluding hydrogens is 310 g/mol. The Labute approximate surface area is 139 Å². The number of fused-ring (bicyclic) bond motifs is 1. The average molecular weight is 329 g/mol. The van der Waals surface area contributed by atoms with E-state index in [2.05, 4.69) is 24.1 Å². The van der Waals surface area contributed by atoms with Gasteiger partial charge in [0.15, 0.2) is 5.13 Å². The molecule has 1 aromatic carbocycles. The Kier molecular flexibility index (Phi) is 4.43. The molecule has 6 heteroatoms. The Bertz CT molecular complexity index is 712. The van der Waals surface area contributed by atoms with E-state index in [1.807, 2.05) is 29.6 Å². The highest BCUT2D eigenvalue weighted by atomic mass is 32.1. The fourth-order valence-corrected chi connectivity index (χ4v) is 3.36. The molecule has 1 aromatic heterocycles. The van der Waals surface area contributed by atoms with Crippen LogP contribution in [0.3, 0.4) is 0 Å². The first kappa shape index (κ1) is 15.7. The van der Waals surface area contributed by atoms with Gasteiger partial charge in [-0.2, -0.15) is 0 Å². The second-order valence-corrected chi connectivity index (χ2v) is 6.96. The first-order valence-electron chi connectivity index (χ1n) is 7.65. The van der Waals surface area contributed by atoms with Gasteiger partial charge in [0.05, 0.1) is 0 Å². The molecule has 1 aliphatic rings. The molecule has 1 N–H and O–H groups in total. The quantitative estimate of drug-likeness (QED) is 0.916. The largest absolute Gasteiger partial charge is 0.322 e. The van der Waals surface area contributed by atoms with Crippen molar-refractivity contribution in [1.82, 2.24) is 9.88 Å². The SMILES string of the molecule is CC(C)C[C@@H](C(=O)Nc1nccs1)N1Cc2ccccc2C1=O. The van der Waals surface area contributed by atoms with Crippen LogP contribution in [0.5, 0.6) is 0 Å². The molecule has 23 heavy (non-hydrogen) atoms. The predicted octanol–water partition coefficient (Wildman–Crippen LogP) is 3.15. The smallest absolute Gasteiger partial charge is 0.255 e. The number of rotatable bonds is 5. The maximum absolute atomic E-state index is 12.7. The average Bonchev–Trinajstić information content (AvgIpc) is 3.13. The van der Waals surface area contributed by atoms with Crippen LogP contribution in [0.4, 0.5) is 5.13 Å². The summed E-state index contributed by atoms with van der Waals surface area (Å²) in [7, 11) is 0. The molecule has 0 spiro atoms. The number of anilines is 1. The first-order chi connectivity index (χ1) is 11.1. The number of aromatic nitrogens is 1. The van der Waals surface area contributed by atoms with E-state index in [-0.39, 0.29) is 11.8 Å². The number of nitrogens with zero attached hydrogens (tertiary/aromatic N) is 2. The zero-order chi connectivity index (χ0) is 16.4. The van der Waals surface area contributed by atoms with Crippen LogP contribution in [0.25, 0.3) is 0 Å². The van der Waals surface area contributed by atoms with E-state index >= 15 is 0 Å². The monoisotopic (exact) mass is 329 g/mol. The van der Waals surface area contributed by atoms with Crippen LogP contribution >= 0.6 is 11.3 Å². The minimum Gasteiger partial charge on any atom is -0.322 e. The Hall–Kier alpha value is -2.21. The summed E-state index contributed by atoms with van der Waals surface area (Å²) in [6.45, 7) is 4.59. The van der Waals surface area contributed by atoms with Crippen molar-refractivity contribution in [2.24, 2.45) is 5.92 Å². The van der Waals surface area contributed by atoms with Crippen LogP contribution in [0, 0.1) is 5.92 Å². The van der Waals surface area contributed by atoms with Gasteiger partial charge in [-0.25, -0.2) is 4.98 Å². The molecular formula is C17H19N3O2S. The van der Waals surface area contributed by atoms with Crippen molar-refractivity contribution in [2.45, 2.75) is 32.9 Å². The highest BCUT2D eigenvalue weighted by Gasteiger charge is 2.36. The van der Waals surface area contributed by atoms with Crippen molar-refractivity contribution in [1.29, 1.82) is 0 Å². The molecule has 0 aliphatic carbocycles. The van der Waals surface area contributed by atoms with E-state index < -0.39 is 6.04 Å². The minimum absolute atomic E-state index is 0.0689. The third-order valence-electron chi connectivity index (χ3n) is 3.89. The Morgan fingerprint density at radius 2 is 2.17 bits per heavy atom. The van der Waals surface area contributed by atoms with E-state index in [0.29, 0.717) is 29.6 Å². The summed E-state index contributed by atoms with van der Waals surface area (Å²) in [5, 5.41) is 5.20. The van der Waals surface area contributed by atoms with Gasteiger partial charge in [0, 0.05) is 23.7 Å². The second-order valence-electron chi connectivity index (χ2n) is 6.06. The number of benzene rings is 1. The zero-order valence-corrected chi connectivity index (χ0v) is 14.0. The molecule has 3 rings (SSSR count). The minimum atomic E-state index is -0.487. The lowest BCUT2D eigenvalue weighted by molar-refractivity contribution is -0.121. The summed E-state index contributed by atoms with van der Waals surface area (Å²) in [5.41, 5.74) is 1.68. The second kappa shape index (κ2) is 6.50. The molecule has 2 amide bonds. The number of amides is 2. The first-order valence-corrected chi connectivity index (χ1v) is 8.53. The lowest BCUT2D eigenvalue weighted by Crippen LogP contribution is -2.45. The molecule has 2 aromatic rings. The lowest BCUT2D eigenvalue weighted by atomic mass is 10.0. The van der Waals surface area contributed by atoms with E-state index in [9.17, 15) is 9.59 Å². The summed E-state index contributed by atoms with van der Waals surface area (Å²) in [6.07, 6.45) is 2.27. The van der Waals surface area contributed by atoms with Gasteiger partial charge in [-0.15, -0.1) is 11.3 Å². The Morgan fingerprint density at radius 1 is 1.39 bits per heavy atom. The molecule has 1 atom stereocenters. The molecule has 1 aliphatic heterocycles. The van der Waals surface area contributed by atoms with Gasteiger partial charge in [0.25, 0.3) is 5.91 Å². The summed E-state index contributed by atoms with van der Waals surface area (Å²) in [6, 6.07) is 7.05. The van der Waals surface area contributed by atoms with E-state index in [0.717, 1.165) is 5.56 Å². The van der Waals surface area contributed by atoms with Crippen LogP contribution in [-0.4, -0.2) is 27.7 Å². The van der Waals surface area contributed by atoms with Crippen molar-refractivity contribution >= 4 is 28.3 Å². The summed E-state index contributed by atoms with van der Waals surface area (Å²) in [4.78, 5) is 31.1. The molecule has 0 saturated heterocycles. The molecule has 0 fully saturated rings. The number of thiazole rings is 1. The number of hydrogen-bond acceptors (Lipinski definition) is 4. The predicted molar refractivity (Wildman–Crippen MR) is 90.3 cm³/mol. The zero-order valence-electron chi connectivity index (χ0n) is 13.2. The Balaban J connectivity index is 1.82. The van der Waals surface area contributed by atoms with Crippen LogP contribution in [0.15, 0.2) is 35.8 Å². The standard InChI is InChI=1S/C17H19N3O2S/c1-11(2)9-14(15(21)19-17-18-7-8-23-17)20-10-12-5-3-4-6-13(12)16(20)22/h3-8,11,14H,9-10H2,1-2H3,(H,18,19,21)/t14-/m0/s1. The van der Waals surface area contributed by atoms with Crippen LogP contribution < -0.4 is 5.32 Å². The molecule has 0 bridgehead atoms. The van der Waals surface area contributed by atoms with Crippen molar-refractivity contribution in [3.63, 3.8) is 0 Å². The van der Waals surface area contributed by atoms with Gasteiger partial charge in [-0.3, -0.25) is 9.59 Å². The summed E-state index contributed by atoms with van der Waals surface area (Å²) in [5.74, 6) is 0.0638. The molecule has 0 unspecified atom stereocenters. The highest BCUT2D eigenvalue weighted by molar-refractivity contribution is 7.13.